The van der Waals surface area contributed by atoms with Gasteiger partial charge in [0, 0.05) is 19.1 Å². The Morgan fingerprint density at radius 3 is 2.50 bits per heavy atom. The number of hydrogen-bond acceptors (Lipinski definition) is 4. The fourth-order valence-electron chi connectivity index (χ4n) is 1.41. The number of hydrogen-bond donors (Lipinski definition) is 0. The predicted octanol–water partition coefficient (Wildman–Crippen LogP) is 0.919. The van der Waals surface area contributed by atoms with Crippen molar-refractivity contribution in [2.45, 2.75) is 17.7 Å². The van der Waals surface area contributed by atoms with Crippen LogP contribution in [-0.4, -0.2) is 36.9 Å². The lowest BCUT2D eigenvalue weighted by atomic mass is 9.93. The van der Waals surface area contributed by atoms with Gasteiger partial charge in [-0.15, -0.1) is 0 Å². The number of halogens is 1. The van der Waals surface area contributed by atoms with Gasteiger partial charge in [0.05, 0.1) is 7.11 Å². The molecular formula is C9H13BrO4. The minimum absolute atomic E-state index is 0.0766. The second-order valence-electron chi connectivity index (χ2n) is 3.17. The summed E-state index contributed by atoms with van der Waals surface area (Å²) in [7, 11) is 1.27. The zero-order valence-electron chi connectivity index (χ0n) is 7.99. The molecule has 1 unspecified atom stereocenters. The Hall–Kier alpha value is -0.420. The first-order chi connectivity index (χ1) is 6.66. The molecular weight excluding hydrogens is 252 g/mol. The summed E-state index contributed by atoms with van der Waals surface area (Å²) < 4.78 is 9.62. The maximum absolute atomic E-state index is 11.7. The van der Waals surface area contributed by atoms with Crippen LogP contribution >= 0.6 is 15.9 Å². The first-order valence-corrected chi connectivity index (χ1v) is 5.41. The van der Waals surface area contributed by atoms with Crippen molar-refractivity contribution in [3.63, 3.8) is 0 Å². The van der Waals surface area contributed by atoms with E-state index in [0.29, 0.717) is 26.1 Å². The Kier molecular flexibility index (Phi) is 4.54. The first-order valence-electron chi connectivity index (χ1n) is 4.50. The molecule has 1 fully saturated rings. The van der Waals surface area contributed by atoms with Gasteiger partial charge in [0.25, 0.3) is 0 Å². The Labute approximate surface area is 91.1 Å². The smallest absolute Gasteiger partial charge is 0.327 e. The van der Waals surface area contributed by atoms with Crippen molar-refractivity contribution in [2.24, 2.45) is 5.92 Å². The Bertz CT molecular complexity index is 223. The minimum Gasteiger partial charge on any atom is -0.468 e. The molecule has 80 valence electrons. The summed E-state index contributed by atoms with van der Waals surface area (Å²) in [5.41, 5.74) is 0. The van der Waals surface area contributed by atoms with E-state index in [1.54, 1.807) is 0 Å². The van der Waals surface area contributed by atoms with E-state index in [1.165, 1.54) is 7.11 Å². The highest BCUT2D eigenvalue weighted by Gasteiger charge is 2.31. The average Bonchev–Trinajstić information content (AvgIpc) is 2.27. The third-order valence-electron chi connectivity index (χ3n) is 2.28. The van der Waals surface area contributed by atoms with Crippen LogP contribution in [0.4, 0.5) is 0 Å². The molecule has 4 nitrogen and oxygen atoms in total. The Balaban J connectivity index is 2.50. The van der Waals surface area contributed by atoms with Gasteiger partial charge >= 0.3 is 5.97 Å². The summed E-state index contributed by atoms with van der Waals surface area (Å²) in [4.78, 5) is 21.9. The maximum Gasteiger partial charge on any atom is 0.327 e. The summed E-state index contributed by atoms with van der Waals surface area (Å²) in [6.07, 6.45) is 1.38. The quantitative estimate of drug-likeness (QED) is 0.432. The zero-order valence-corrected chi connectivity index (χ0v) is 9.58. The third kappa shape index (κ3) is 2.78. The summed E-state index contributed by atoms with van der Waals surface area (Å²) in [6.45, 7) is 1.19. The molecule has 1 rings (SSSR count). The molecule has 0 aromatic heterocycles. The summed E-state index contributed by atoms with van der Waals surface area (Å²) in [5.74, 6) is -0.700. The zero-order chi connectivity index (χ0) is 10.6. The first kappa shape index (κ1) is 11.7. The van der Waals surface area contributed by atoms with Gasteiger partial charge in [0.2, 0.25) is 0 Å². The molecule has 0 spiro atoms. The van der Waals surface area contributed by atoms with Crippen LogP contribution in [0.2, 0.25) is 0 Å². The number of alkyl halides is 1. The fraction of sp³-hybridized carbons (Fsp3) is 0.778. The molecule has 0 bridgehead atoms. The SMILES string of the molecule is COC(=O)C(Br)C(=O)C1CCOCC1. The molecule has 0 amide bonds. The van der Waals surface area contributed by atoms with E-state index in [1.807, 2.05) is 0 Å². The molecule has 0 aliphatic carbocycles. The number of Topliss-reactive ketones (excluding diaryl/α,β-unsaturated/α-hetero) is 1. The van der Waals surface area contributed by atoms with Crippen LogP contribution in [-0.2, 0) is 19.1 Å². The van der Waals surface area contributed by atoms with Crippen LogP contribution in [0.3, 0.4) is 0 Å². The molecule has 0 N–H and O–H groups in total. The topological polar surface area (TPSA) is 52.6 Å². The van der Waals surface area contributed by atoms with Gasteiger partial charge in [-0.25, -0.2) is 0 Å². The van der Waals surface area contributed by atoms with Gasteiger partial charge < -0.3 is 9.47 Å². The molecule has 1 heterocycles. The van der Waals surface area contributed by atoms with Crippen LogP contribution in [0.5, 0.6) is 0 Å². The fourth-order valence-corrected chi connectivity index (χ4v) is 1.97. The molecule has 1 aliphatic heterocycles. The number of esters is 1. The van der Waals surface area contributed by atoms with Crippen molar-refractivity contribution in [1.29, 1.82) is 0 Å². The molecule has 0 saturated carbocycles. The van der Waals surface area contributed by atoms with Gasteiger partial charge in [-0.05, 0) is 12.8 Å². The molecule has 0 aromatic carbocycles. The van der Waals surface area contributed by atoms with E-state index in [2.05, 4.69) is 20.7 Å². The molecule has 0 aromatic rings. The third-order valence-corrected chi connectivity index (χ3v) is 3.11. The summed E-state index contributed by atoms with van der Waals surface area (Å²) in [6, 6.07) is 0. The number of rotatable bonds is 3. The number of ketones is 1. The second-order valence-corrected chi connectivity index (χ2v) is 4.09. The highest BCUT2D eigenvalue weighted by molar-refractivity contribution is 9.10. The Morgan fingerprint density at radius 2 is 2.00 bits per heavy atom. The van der Waals surface area contributed by atoms with Crippen molar-refractivity contribution in [3.8, 4) is 0 Å². The van der Waals surface area contributed by atoms with Crippen LogP contribution in [0.15, 0.2) is 0 Å². The van der Waals surface area contributed by atoms with E-state index in [9.17, 15) is 9.59 Å². The van der Waals surface area contributed by atoms with Gasteiger partial charge in [-0.1, -0.05) is 15.9 Å². The molecule has 0 radical (unpaired) electrons. The highest BCUT2D eigenvalue weighted by Crippen LogP contribution is 2.20. The lowest BCUT2D eigenvalue weighted by molar-refractivity contribution is -0.143. The van der Waals surface area contributed by atoms with Crippen molar-refractivity contribution in [3.05, 3.63) is 0 Å². The minimum atomic E-state index is -0.824. The standard InChI is InChI=1S/C9H13BrO4/c1-13-9(12)7(10)8(11)6-2-4-14-5-3-6/h6-7H,2-5H2,1H3. The number of carbonyl (C=O) groups is 2. The van der Waals surface area contributed by atoms with Crippen LogP contribution in [0, 0.1) is 5.92 Å². The van der Waals surface area contributed by atoms with Crippen molar-refractivity contribution in [1.82, 2.24) is 0 Å². The van der Waals surface area contributed by atoms with E-state index in [-0.39, 0.29) is 11.7 Å². The Morgan fingerprint density at radius 1 is 1.43 bits per heavy atom. The van der Waals surface area contributed by atoms with Crippen molar-refractivity contribution >= 4 is 27.7 Å². The molecule has 5 heteroatoms. The predicted molar refractivity (Wildman–Crippen MR) is 53.3 cm³/mol. The monoisotopic (exact) mass is 264 g/mol. The normalized spacial score (nSPS) is 20.1. The van der Waals surface area contributed by atoms with E-state index >= 15 is 0 Å². The van der Waals surface area contributed by atoms with Crippen LogP contribution in [0.25, 0.3) is 0 Å². The van der Waals surface area contributed by atoms with Crippen molar-refractivity contribution in [2.75, 3.05) is 20.3 Å². The lowest BCUT2D eigenvalue weighted by Gasteiger charge is -2.22. The van der Waals surface area contributed by atoms with Gasteiger partial charge in [0.15, 0.2) is 10.6 Å². The second kappa shape index (κ2) is 5.46. The molecule has 1 saturated heterocycles. The van der Waals surface area contributed by atoms with E-state index in [0.717, 1.165) is 0 Å². The lowest BCUT2D eigenvalue weighted by Crippen LogP contribution is -2.34. The number of carbonyl (C=O) groups excluding carboxylic acids is 2. The number of ether oxygens (including phenoxy) is 2. The van der Waals surface area contributed by atoms with Crippen molar-refractivity contribution < 1.29 is 19.1 Å². The van der Waals surface area contributed by atoms with E-state index < -0.39 is 10.8 Å². The number of methoxy groups -OCH3 is 1. The van der Waals surface area contributed by atoms with Crippen LogP contribution in [0.1, 0.15) is 12.8 Å². The molecule has 1 atom stereocenters. The largest absolute Gasteiger partial charge is 0.468 e. The summed E-state index contributed by atoms with van der Waals surface area (Å²) >= 11 is 3.04. The van der Waals surface area contributed by atoms with E-state index in [4.69, 9.17) is 4.74 Å². The molecule has 14 heavy (non-hydrogen) atoms. The van der Waals surface area contributed by atoms with Gasteiger partial charge in [-0.3, -0.25) is 9.59 Å². The average molecular weight is 265 g/mol. The van der Waals surface area contributed by atoms with Gasteiger partial charge in [0.1, 0.15) is 0 Å². The molecule has 1 aliphatic rings. The van der Waals surface area contributed by atoms with Gasteiger partial charge in [-0.2, -0.15) is 0 Å². The maximum atomic E-state index is 11.7. The van der Waals surface area contributed by atoms with Crippen LogP contribution < -0.4 is 0 Å². The highest BCUT2D eigenvalue weighted by atomic mass is 79.9. The summed E-state index contributed by atoms with van der Waals surface area (Å²) in [5, 5.41) is 0.